The fourth-order valence-electron chi connectivity index (χ4n) is 2.74. The molecule has 0 bridgehead atoms. The molecule has 0 spiro atoms. The van der Waals surface area contributed by atoms with Gasteiger partial charge in [-0.25, -0.2) is 0 Å². The van der Waals surface area contributed by atoms with Crippen LogP contribution < -0.4 is 5.73 Å². The molecule has 0 atom stereocenters. The lowest BCUT2D eigenvalue weighted by Gasteiger charge is -2.47. The Morgan fingerprint density at radius 2 is 2.25 bits per heavy atom. The van der Waals surface area contributed by atoms with E-state index in [0.29, 0.717) is 5.92 Å². The van der Waals surface area contributed by atoms with E-state index in [9.17, 15) is 0 Å². The van der Waals surface area contributed by atoms with Crippen molar-refractivity contribution in [3.05, 3.63) is 34.9 Å². The smallest absolute Gasteiger partial charge is 0.0559 e. The van der Waals surface area contributed by atoms with Gasteiger partial charge >= 0.3 is 0 Å². The van der Waals surface area contributed by atoms with Gasteiger partial charge in [-0.3, -0.25) is 0 Å². The fourth-order valence-corrected chi connectivity index (χ4v) is 2.93. The van der Waals surface area contributed by atoms with Crippen LogP contribution in [0.4, 0.5) is 0 Å². The molecule has 3 heteroatoms. The van der Waals surface area contributed by atoms with Crippen molar-refractivity contribution >= 4 is 11.6 Å². The molecule has 1 aliphatic carbocycles. The third-order valence-electron chi connectivity index (χ3n) is 3.55. The molecular formula is C13H18ClNO. The van der Waals surface area contributed by atoms with Gasteiger partial charge < -0.3 is 10.5 Å². The lowest BCUT2D eigenvalue weighted by molar-refractivity contribution is 0.0423. The average molecular weight is 240 g/mol. The molecule has 0 aromatic heterocycles. The van der Waals surface area contributed by atoms with Crippen LogP contribution >= 0.6 is 11.6 Å². The number of ether oxygens (including phenoxy) is 1. The summed E-state index contributed by atoms with van der Waals surface area (Å²) in [6.07, 6.45) is 2.22. The van der Waals surface area contributed by atoms with Crippen LogP contribution in [0, 0.1) is 5.92 Å². The minimum atomic E-state index is 0.143. The fraction of sp³-hybridized carbons (Fsp3) is 0.538. The standard InChI is InChI=1S/C13H18ClNO/c1-16-9-13(6-10(7-13)8-15)11-3-2-4-12(14)5-11/h2-5,10H,6-9,15H2,1H3. The largest absolute Gasteiger partial charge is 0.384 e. The van der Waals surface area contributed by atoms with Crippen LogP contribution in [-0.2, 0) is 10.2 Å². The van der Waals surface area contributed by atoms with Gasteiger partial charge in [-0.2, -0.15) is 0 Å². The number of rotatable bonds is 4. The van der Waals surface area contributed by atoms with Gasteiger partial charge in [0.2, 0.25) is 0 Å². The summed E-state index contributed by atoms with van der Waals surface area (Å²) in [6, 6.07) is 8.10. The van der Waals surface area contributed by atoms with Gasteiger partial charge in [0, 0.05) is 17.5 Å². The third kappa shape index (κ3) is 2.10. The van der Waals surface area contributed by atoms with Crippen molar-refractivity contribution in [2.24, 2.45) is 11.7 Å². The topological polar surface area (TPSA) is 35.2 Å². The number of hydrogen-bond acceptors (Lipinski definition) is 2. The molecule has 0 unspecified atom stereocenters. The molecule has 0 aliphatic heterocycles. The Morgan fingerprint density at radius 1 is 1.50 bits per heavy atom. The van der Waals surface area contributed by atoms with E-state index in [4.69, 9.17) is 22.1 Å². The van der Waals surface area contributed by atoms with Crippen LogP contribution in [0.3, 0.4) is 0 Å². The summed E-state index contributed by atoms with van der Waals surface area (Å²) in [4.78, 5) is 0. The highest BCUT2D eigenvalue weighted by Crippen LogP contribution is 2.47. The van der Waals surface area contributed by atoms with E-state index in [-0.39, 0.29) is 5.41 Å². The average Bonchev–Trinajstić information content (AvgIpc) is 2.23. The van der Waals surface area contributed by atoms with Crippen LogP contribution in [0.1, 0.15) is 18.4 Å². The predicted molar refractivity (Wildman–Crippen MR) is 66.8 cm³/mol. The molecule has 0 saturated heterocycles. The van der Waals surface area contributed by atoms with Crippen molar-refractivity contribution in [3.8, 4) is 0 Å². The highest BCUT2D eigenvalue weighted by atomic mass is 35.5. The minimum Gasteiger partial charge on any atom is -0.384 e. The molecule has 16 heavy (non-hydrogen) atoms. The maximum atomic E-state index is 6.04. The molecule has 1 aromatic rings. The molecule has 1 fully saturated rings. The van der Waals surface area contributed by atoms with Gasteiger partial charge in [-0.15, -0.1) is 0 Å². The lowest BCUT2D eigenvalue weighted by Crippen LogP contribution is -2.47. The first-order valence-corrected chi connectivity index (χ1v) is 6.03. The van der Waals surface area contributed by atoms with E-state index < -0.39 is 0 Å². The van der Waals surface area contributed by atoms with Crippen LogP contribution in [-0.4, -0.2) is 20.3 Å². The molecule has 1 aromatic carbocycles. The highest BCUT2D eigenvalue weighted by Gasteiger charge is 2.44. The van der Waals surface area contributed by atoms with Crippen LogP contribution in [0.15, 0.2) is 24.3 Å². The van der Waals surface area contributed by atoms with Crippen molar-refractivity contribution in [2.45, 2.75) is 18.3 Å². The van der Waals surface area contributed by atoms with Crippen molar-refractivity contribution in [3.63, 3.8) is 0 Å². The predicted octanol–water partition coefficient (Wildman–Crippen LogP) is 2.59. The maximum Gasteiger partial charge on any atom is 0.0559 e. The SMILES string of the molecule is COCC1(c2cccc(Cl)c2)CC(CN)C1. The number of methoxy groups -OCH3 is 1. The lowest BCUT2D eigenvalue weighted by atomic mass is 9.59. The number of nitrogens with two attached hydrogens (primary N) is 1. The molecule has 2 nitrogen and oxygen atoms in total. The molecule has 0 amide bonds. The normalized spacial score (nSPS) is 28.8. The Kier molecular flexibility index (Phi) is 3.53. The van der Waals surface area contributed by atoms with Gasteiger partial charge in [0.05, 0.1) is 6.61 Å². The molecule has 0 radical (unpaired) electrons. The second kappa shape index (κ2) is 4.74. The Hall–Kier alpha value is -0.570. The zero-order valence-electron chi connectivity index (χ0n) is 9.58. The molecule has 2 rings (SSSR count). The molecule has 0 heterocycles. The summed E-state index contributed by atoms with van der Waals surface area (Å²) < 4.78 is 5.35. The molecular weight excluding hydrogens is 222 g/mol. The van der Waals surface area contributed by atoms with E-state index in [2.05, 4.69) is 6.07 Å². The molecule has 1 saturated carbocycles. The molecule has 2 N–H and O–H groups in total. The summed E-state index contributed by atoms with van der Waals surface area (Å²) in [5.41, 5.74) is 7.12. The Labute approximate surface area is 102 Å². The highest BCUT2D eigenvalue weighted by molar-refractivity contribution is 6.30. The van der Waals surface area contributed by atoms with Gasteiger partial charge in [0.25, 0.3) is 0 Å². The van der Waals surface area contributed by atoms with Crippen LogP contribution in [0.5, 0.6) is 0 Å². The van der Waals surface area contributed by atoms with Gasteiger partial charge in [0.15, 0.2) is 0 Å². The van der Waals surface area contributed by atoms with Crippen LogP contribution in [0.25, 0.3) is 0 Å². The van der Waals surface area contributed by atoms with Crippen molar-refractivity contribution in [1.29, 1.82) is 0 Å². The van der Waals surface area contributed by atoms with E-state index in [1.807, 2.05) is 18.2 Å². The molecule has 1 aliphatic rings. The Balaban J connectivity index is 2.21. The summed E-state index contributed by atoms with van der Waals surface area (Å²) in [5, 5.41) is 0.796. The van der Waals surface area contributed by atoms with E-state index in [1.165, 1.54) is 5.56 Å². The summed E-state index contributed by atoms with van der Waals surface area (Å²) in [5.74, 6) is 0.633. The van der Waals surface area contributed by atoms with E-state index in [1.54, 1.807) is 7.11 Å². The maximum absolute atomic E-state index is 6.04. The van der Waals surface area contributed by atoms with Crippen molar-refractivity contribution in [1.82, 2.24) is 0 Å². The first-order chi connectivity index (χ1) is 7.70. The van der Waals surface area contributed by atoms with Crippen LogP contribution in [0.2, 0.25) is 5.02 Å². The zero-order chi connectivity index (χ0) is 11.6. The van der Waals surface area contributed by atoms with Crippen molar-refractivity contribution in [2.75, 3.05) is 20.3 Å². The summed E-state index contributed by atoms with van der Waals surface area (Å²) in [6.45, 7) is 1.52. The first kappa shape index (κ1) is 11.9. The number of hydrogen-bond donors (Lipinski definition) is 1. The van der Waals surface area contributed by atoms with Gasteiger partial charge in [-0.05, 0) is 43.0 Å². The quantitative estimate of drug-likeness (QED) is 0.877. The second-order valence-corrected chi connectivity index (χ2v) is 5.17. The third-order valence-corrected chi connectivity index (χ3v) is 3.78. The van der Waals surface area contributed by atoms with Gasteiger partial charge in [0.1, 0.15) is 0 Å². The number of benzene rings is 1. The Bertz CT molecular complexity index is 361. The minimum absolute atomic E-state index is 0.143. The van der Waals surface area contributed by atoms with E-state index >= 15 is 0 Å². The first-order valence-electron chi connectivity index (χ1n) is 5.65. The Morgan fingerprint density at radius 3 is 2.81 bits per heavy atom. The van der Waals surface area contributed by atoms with E-state index in [0.717, 1.165) is 31.0 Å². The summed E-state index contributed by atoms with van der Waals surface area (Å²) in [7, 11) is 1.75. The molecule has 88 valence electrons. The summed E-state index contributed by atoms with van der Waals surface area (Å²) >= 11 is 6.04. The number of halogens is 1. The van der Waals surface area contributed by atoms with Gasteiger partial charge in [-0.1, -0.05) is 23.7 Å². The zero-order valence-corrected chi connectivity index (χ0v) is 10.3. The second-order valence-electron chi connectivity index (χ2n) is 4.73. The monoisotopic (exact) mass is 239 g/mol. The van der Waals surface area contributed by atoms with Crippen molar-refractivity contribution < 1.29 is 4.74 Å².